The van der Waals surface area contributed by atoms with Gasteiger partial charge in [0.05, 0.1) is 6.61 Å². The molecule has 1 saturated carbocycles. The van der Waals surface area contributed by atoms with E-state index in [0.29, 0.717) is 12.3 Å². The van der Waals surface area contributed by atoms with Crippen molar-refractivity contribution in [1.82, 2.24) is 0 Å². The summed E-state index contributed by atoms with van der Waals surface area (Å²) in [5.41, 5.74) is 0.353. The van der Waals surface area contributed by atoms with Crippen molar-refractivity contribution in [2.24, 2.45) is 0 Å². The minimum absolute atomic E-state index is 0.353. The smallest absolute Gasteiger partial charge is 0.203 e. The zero-order valence-electron chi connectivity index (χ0n) is 8.08. The molecule has 0 aliphatic heterocycles. The highest BCUT2D eigenvalue weighted by Crippen LogP contribution is 2.53. The Kier molecular flexibility index (Phi) is 3.79. The molecule has 0 radical (unpaired) electrons. The summed E-state index contributed by atoms with van der Waals surface area (Å²) in [5.74, 6) is 0. The predicted molar refractivity (Wildman–Crippen MR) is 52.0 cm³/mol. The van der Waals surface area contributed by atoms with Gasteiger partial charge in [-0.1, -0.05) is 19.3 Å². The Hall–Kier alpha value is 0.190. The van der Waals surface area contributed by atoms with Gasteiger partial charge in [0.1, 0.15) is 0 Å². The largest absolute Gasteiger partial charge is 0.329 e. The molecule has 0 aromatic carbocycles. The molecule has 0 bridgehead atoms. The van der Waals surface area contributed by atoms with E-state index in [9.17, 15) is 4.57 Å². The van der Waals surface area contributed by atoms with Gasteiger partial charge < -0.3 is 4.52 Å². The lowest BCUT2D eigenvalue weighted by atomic mass is 10.0. The molecule has 12 heavy (non-hydrogen) atoms. The van der Waals surface area contributed by atoms with E-state index in [4.69, 9.17) is 4.52 Å². The summed E-state index contributed by atoms with van der Waals surface area (Å²) in [4.78, 5) is 0. The van der Waals surface area contributed by atoms with Crippen LogP contribution in [0.25, 0.3) is 0 Å². The summed E-state index contributed by atoms with van der Waals surface area (Å²) in [5, 5.41) is 0. The monoisotopic (exact) mass is 190 g/mol. The van der Waals surface area contributed by atoms with Gasteiger partial charge in [-0.2, -0.15) is 0 Å². The van der Waals surface area contributed by atoms with E-state index in [1.165, 1.54) is 19.3 Å². The summed E-state index contributed by atoms with van der Waals surface area (Å²) >= 11 is 0. The highest BCUT2D eigenvalue weighted by molar-refractivity contribution is 7.58. The molecule has 0 aromatic rings. The van der Waals surface area contributed by atoms with Gasteiger partial charge in [0.25, 0.3) is 0 Å². The van der Waals surface area contributed by atoms with E-state index in [2.05, 4.69) is 0 Å². The van der Waals surface area contributed by atoms with Crippen molar-refractivity contribution in [3.63, 3.8) is 0 Å². The Morgan fingerprint density at radius 2 is 1.92 bits per heavy atom. The maximum atomic E-state index is 11.9. The van der Waals surface area contributed by atoms with Crippen molar-refractivity contribution in [2.75, 3.05) is 13.3 Å². The molecule has 1 rings (SSSR count). The maximum absolute atomic E-state index is 11.9. The Bertz CT molecular complexity index is 173. The lowest BCUT2D eigenvalue weighted by Crippen LogP contribution is -2.14. The molecule has 0 N–H and O–H groups in total. The molecule has 1 aliphatic carbocycles. The minimum Gasteiger partial charge on any atom is -0.329 e. The van der Waals surface area contributed by atoms with Crippen LogP contribution in [-0.4, -0.2) is 18.9 Å². The van der Waals surface area contributed by atoms with Gasteiger partial charge in [0.2, 0.25) is 7.37 Å². The topological polar surface area (TPSA) is 26.3 Å². The highest BCUT2D eigenvalue weighted by atomic mass is 31.2. The van der Waals surface area contributed by atoms with Crippen molar-refractivity contribution in [2.45, 2.75) is 44.7 Å². The van der Waals surface area contributed by atoms with Crippen molar-refractivity contribution in [3.05, 3.63) is 0 Å². The van der Waals surface area contributed by atoms with Gasteiger partial charge >= 0.3 is 0 Å². The van der Waals surface area contributed by atoms with Crippen molar-refractivity contribution < 1.29 is 9.09 Å². The summed E-state index contributed by atoms with van der Waals surface area (Å²) in [6.07, 6.45) is 5.98. The zero-order valence-corrected chi connectivity index (χ0v) is 8.98. The molecule has 1 unspecified atom stereocenters. The van der Waals surface area contributed by atoms with Crippen LogP contribution in [0.5, 0.6) is 0 Å². The first-order valence-corrected chi connectivity index (χ1v) is 7.02. The van der Waals surface area contributed by atoms with Gasteiger partial charge in [0, 0.05) is 12.3 Å². The predicted octanol–water partition coefficient (Wildman–Crippen LogP) is 3.26. The van der Waals surface area contributed by atoms with Gasteiger partial charge in [-0.15, -0.1) is 0 Å². The van der Waals surface area contributed by atoms with Crippen LogP contribution >= 0.6 is 7.37 Å². The van der Waals surface area contributed by atoms with Crippen molar-refractivity contribution in [3.8, 4) is 0 Å². The average molecular weight is 190 g/mol. The third kappa shape index (κ3) is 2.60. The minimum atomic E-state index is -2.27. The summed E-state index contributed by atoms with van der Waals surface area (Å²) in [7, 11) is -2.27. The molecule has 1 atom stereocenters. The molecular weight excluding hydrogens is 171 g/mol. The van der Waals surface area contributed by atoms with Crippen LogP contribution in [0, 0.1) is 0 Å². The van der Waals surface area contributed by atoms with Gasteiger partial charge in [0.15, 0.2) is 0 Å². The number of hydrogen-bond acceptors (Lipinski definition) is 2. The van der Waals surface area contributed by atoms with Crippen LogP contribution in [0.1, 0.15) is 39.0 Å². The van der Waals surface area contributed by atoms with Crippen LogP contribution in [0.3, 0.4) is 0 Å². The molecule has 72 valence electrons. The van der Waals surface area contributed by atoms with Crippen molar-refractivity contribution in [1.29, 1.82) is 0 Å². The number of rotatable bonds is 3. The van der Waals surface area contributed by atoms with Crippen LogP contribution in [0.2, 0.25) is 0 Å². The molecule has 0 heterocycles. The van der Waals surface area contributed by atoms with Crippen LogP contribution in [-0.2, 0) is 9.09 Å². The Morgan fingerprint density at radius 1 is 1.33 bits per heavy atom. The second kappa shape index (κ2) is 4.43. The Labute approximate surface area is 75.1 Å². The van der Waals surface area contributed by atoms with E-state index < -0.39 is 7.37 Å². The maximum Gasteiger partial charge on any atom is 0.203 e. The second-order valence-corrected chi connectivity index (χ2v) is 6.42. The second-order valence-electron chi connectivity index (χ2n) is 3.62. The highest BCUT2D eigenvalue weighted by Gasteiger charge is 2.29. The van der Waals surface area contributed by atoms with E-state index in [-0.39, 0.29) is 0 Å². The van der Waals surface area contributed by atoms with E-state index in [1.807, 2.05) is 6.92 Å². The van der Waals surface area contributed by atoms with E-state index in [0.717, 1.165) is 12.8 Å². The average Bonchev–Trinajstić information content (AvgIpc) is 2.06. The Morgan fingerprint density at radius 3 is 2.42 bits per heavy atom. The first-order chi connectivity index (χ1) is 5.67. The lowest BCUT2D eigenvalue weighted by Gasteiger charge is -2.27. The van der Waals surface area contributed by atoms with Gasteiger partial charge in [-0.25, -0.2) is 0 Å². The van der Waals surface area contributed by atoms with Gasteiger partial charge in [-0.3, -0.25) is 4.57 Å². The fourth-order valence-corrected chi connectivity index (χ4v) is 3.94. The first kappa shape index (κ1) is 10.3. The molecule has 1 fully saturated rings. The van der Waals surface area contributed by atoms with Crippen LogP contribution in [0.15, 0.2) is 0 Å². The Balaban J connectivity index is 2.48. The molecule has 1 aliphatic rings. The fourth-order valence-electron chi connectivity index (χ4n) is 1.91. The first-order valence-electron chi connectivity index (χ1n) is 4.88. The molecular formula is C9H19O2P. The molecule has 2 nitrogen and oxygen atoms in total. The third-order valence-electron chi connectivity index (χ3n) is 2.62. The molecule has 3 heteroatoms. The van der Waals surface area contributed by atoms with E-state index >= 15 is 0 Å². The standard InChI is InChI=1S/C9H19O2P/c1-3-11-12(2,10)9-7-5-4-6-8-9/h9H,3-8H2,1-2H3. The van der Waals surface area contributed by atoms with E-state index in [1.54, 1.807) is 6.66 Å². The molecule has 0 spiro atoms. The van der Waals surface area contributed by atoms with Crippen molar-refractivity contribution >= 4 is 7.37 Å². The normalized spacial score (nSPS) is 25.2. The summed E-state index contributed by atoms with van der Waals surface area (Å²) in [6, 6.07) is 0. The zero-order chi connectivity index (χ0) is 9.03. The molecule has 0 saturated heterocycles. The van der Waals surface area contributed by atoms with Crippen LogP contribution < -0.4 is 0 Å². The van der Waals surface area contributed by atoms with Crippen LogP contribution in [0.4, 0.5) is 0 Å². The lowest BCUT2D eigenvalue weighted by molar-refractivity contribution is 0.319. The molecule has 0 aromatic heterocycles. The quantitative estimate of drug-likeness (QED) is 0.638. The SMILES string of the molecule is CCOP(C)(=O)C1CCCCC1. The summed E-state index contributed by atoms with van der Waals surface area (Å²) < 4.78 is 17.3. The van der Waals surface area contributed by atoms with Gasteiger partial charge in [-0.05, 0) is 19.8 Å². The third-order valence-corrected chi connectivity index (χ3v) is 5.24. The number of hydrogen-bond donors (Lipinski definition) is 0. The molecule has 0 amide bonds. The fraction of sp³-hybridized carbons (Fsp3) is 1.00. The summed E-state index contributed by atoms with van der Waals surface area (Å²) in [6.45, 7) is 4.30.